The van der Waals surface area contributed by atoms with Crippen molar-refractivity contribution in [1.82, 2.24) is 20.5 Å². The maximum absolute atomic E-state index is 12.8. The lowest BCUT2D eigenvalue weighted by molar-refractivity contribution is -0.137. The first kappa shape index (κ1) is 25.6. The number of alkyl halides is 3. The summed E-state index contributed by atoms with van der Waals surface area (Å²) in [7, 11) is 0. The van der Waals surface area contributed by atoms with E-state index in [1.807, 2.05) is 6.92 Å². The maximum atomic E-state index is 12.8. The van der Waals surface area contributed by atoms with Gasteiger partial charge in [0.1, 0.15) is 5.60 Å². The maximum Gasteiger partial charge on any atom is 0.416 e. The van der Waals surface area contributed by atoms with Crippen LogP contribution in [0.3, 0.4) is 0 Å². The molecule has 1 aromatic heterocycles. The highest BCUT2D eigenvalue weighted by molar-refractivity contribution is 7.09. The molecule has 2 amide bonds. The van der Waals surface area contributed by atoms with E-state index in [1.165, 1.54) is 17.4 Å². The zero-order chi connectivity index (χ0) is 25.2. The number of halogens is 3. The summed E-state index contributed by atoms with van der Waals surface area (Å²) in [5.74, 6) is -1.11. The largest absolute Gasteiger partial charge is 0.416 e. The van der Waals surface area contributed by atoms with Crippen LogP contribution in [-0.2, 0) is 16.6 Å². The number of likely N-dealkylation sites (tertiary alicyclic amines) is 1. The highest BCUT2D eigenvalue weighted by Gasteiger charge is 2.40. The van der Waals surface area contributed by atoms with E-state index in [4.69, 9.17) is 0 Å². The fourth-order valence-electron chi connectivity index (χ4n) is 5.04. The van der Waals surface area contributed by atoms with Gasteiger partial charge in [-0.05, 0) is 57.2 Å². The average Bonchev–Trinajstić information content (AvgIpc) is 3.47. The number of carbonyl (C=O) groups excluding carboxylic acids is 2. The molecule has 1 saturated carbocycles. The van der Waals surface area contributed by atoms with Gasteiger partial charge in [-0.2, -0.15) is 13.2 Å². The number of aliphatic hydroxyl groups is 1. The normalized spacial score (nSPS) is 25.4. The Morgan fingerprint density at radius 1 is 1.26 bits per heavy atom. The van der Waals surface area contributed by atoms with Crippen LogP contribution >= 0.6 is 11.3 Å². The molecule has 2 heterocycles. The molecular formula is C24H29F3N4O3S. The van der Waals surface area contributed by atoms with Crippen LogP contribution in [-0.4, -0.2) is 58.5 Å². The fraction of sp³-hybridized carbons (Fsp3) is 0.542. The van der Waals surface area contributed by atoms with Crippen molar-refractivity contribution in [2.45, 2.75) is 62.9 Å². The summed E-state index contributed by atoms with van der Waals surface area (Å²) in [6, 6.07) is 4.38. The van der Waals surface area contributed by atoms with Crippen molar-refractivity contribution in [1.29, 1.82) is 0 Å². The van der Waals surface area contributed by atoms with Crippen LogP contribution in [0.2, 0.25) is 0 Å². The van der Waals surface area contributed by atoms with Gasteiger partial charge < -0.3 is 15.7 Å². The molecule has 0 unspecified atom stereocenters. The monoisotopic (exact) mass is 510 g/mol. The van der Waals surface area contributed by atoms with E-state index in [0.29, 0.717) is 25.4 Å². The van der Waals surface area contributed by atoms with Gasteiger partial charge in [-0.25, -0.2) is 4.98 Å². The van der Waals surface area contributed by atoms with Crippen molar-refractivity contribution >= 4 is 23.2 Å². The smallest absolute Gasteiger partial charge is 0.384 e. The lowest BCUT2D eigenvalue weighted by Crippen LogP contribution is -2.45. The molecule has 190 valence electrons. The number of rotatable bonds is 6. The van der Waals surface area contributed by atoms with Crippen molar-refractivity contribution in [3.05, 3.63) is 51.5 Å². The Morgan fingerprint density at radius 3 is 2.66 bits per heavy atom. The molecule has 35 heavy (non-hydrogen) atoms. The molecule has 3 N–H and O–H groups in total. The van der Waals surface area contributed by atoms with Crippen molar-refractivity contribution in [3.63, 3.8) is 0 Å². The molecule has 2 fully saturated rings. The molecular weight excluding hydrogens is 481 g/mol. The van der Waals surface area contributed by atoms with Gasteiger partial charge in [0, 0.05) is 30.7 Å². The molecule has 2 aliphatic rings. The first-order valence-corrected chi connectivity index (χ1v) is 12.5. The molecule has 0 spiro atoms. The van der Waals surface area contributed by atoms with Crippen LogP contribution in [0.1, 0.15) is 58.6 Å². The van der Waals surface area contributed by atoms with Crippen LogP contribution in [0.25, 0.3) is 0 Å². The fourth-order valence-corrected chi connectivity index (χ4v) is 6.00. The summed E-state index contributed by atoms with van der Waals surface area (Å²) < 4.78 is 38.5. The number of hydrogen-bond acceptors (Lipinski definition) is 6. The SMILES string of the molecule is Cc1ncsc1C1(O)CCC(N2CC[C@@H](NC(=O)CNC(=O)c3cccc(C(F)(F)F)c3)C2)CC1. The number of nitrogens with one attached hydrogen (secondary N) is 2. The van der Waals surface area contributed by atoms with Gasteiger partial charge in [0.05, 0.1) is 28.2 Å². The molecule has 0 bridgehead atoms. The van der Waals surface area contributed by atoms with Crippen molar-refractivity contribution in [3.8, 4) is 0 Å². The summed E-state index contributed by atoms with van der Waals surface area (Å²) in [5, 5.41) is 16.4. The Kier molecular flexibility index (Phi) is 7.48. The Bertz CT molecular complexity index is 1070. The number of amides is 2. The number of aromatic nitrogens is 1. The summed E-state index contributed by atoms with van der Waals surface area (Å²) >= 11 is 1.50. The topological polar surface area (TPSA) is 94.6 Å². The van der Waals surface area contributed by atoms with Crippen LogP contribution in [0.4, 0.5) is 13.2 Å². The molecule has 1 aliphatic heterocycles. The van der Waals surface area contributed by atoms with Crippen LogP contribution < -0.4 is 10.6 Å². The number of aryl methyl sites for hydroxylation is 1. The minimum absolute atomic E-state index is 0.0579. The van der Waals surface area contributed by atoms with E-state index in [1.54, 1.807) is 5.51 Å². The number of hydrogen-bond donors (Lipinski definition) is 3. The number of nitrogens with zero attached hydrogens (tertiary/aromatic N) is 2. The molecule has 1 aliphatic carbocycles. The molecule has 1 atom stereocenters. The predicted octanol–water partition coefficient (Wildman–Crippen LogP) is 3.22. The van der Waals surface area contributed by atoms with E-state index >= 15 is 0 Å². The first-order valence-electron chi connectivity index (χ1n) is 11.7. The van der Waals surface area contributed by atoms with Gasteiger partial charge in [-0.15, -0.1) is 11.3 Å². The standard InChI is InChI=1S/C24H29F3N4O3S/c1-15-21(35-14-29-15)23(34)8-5-19(6-9-23)31-10-7-18(13-31)30-20(32)12-28-22(33)16-3-2-4-17(11-16)24(25,26)27/h2-4,11,14,18-19,34H,5-10,12-13H2,1H3,(H,28,33)(H,30,32)/t18-,19?,23?/m1/s1. The van der Waals surface area contributed by atoms with Crippen molar-refractivity contribution < 1.29 is 27.9 Å². The van der Waals surface area contributed by atoms with Crippen LogP contribution in [0.5, 0.6) is 0 Å². The molecule has 1 aromatic carbocycles. The van der Waals surface area contributed by atoms with Gasteiger partial charge in [-0.3, -0.25) is 14.5 Å². The minimum atomic E-state index is -4.54. The third kappa shape index (κ3) is 6.02. The molecule has 1 saturated heterocycles. The highest BCUT2D eigenvalue weighted by Crippen LogP contribution is 2.42. The van der Waals surface area contributed by atoms with Gasteiger partial charge >= 0.3 is 6.18 Å². The lowest BCUT2D eigenvalue weighted by Gasteiger charge is -2.39. The van der Waals surface area contributed by atoms with E-state index in [9.17, 15) is 27.9 Å². The average molecular weight is 511 g/mol. The Morgan fingerprint density at radius 2 is 2.00 bits per heavy atom. The number of benzene rings is 1. The van der Waals surface area contributed by atoms with Crippen LogP contribution in [0.15, 0.2) is 29.8 Å². The second-order valence-electron chi connectivity index (χ2n) is 9.34. The highest BCUT2D eigenvalue weighted by atomic mass is 32.1. The summed E-state index contributed by atoms with van der Waals surface area (Å²) in [5.41, 5.74) is 0.784. The molecule has 2 aromatic rings. The molecule has 4 rings (SSSR count). The second-order valence-corrected chi connectivity index (χ2v) is 10.2. The third-order valence-corrected chi connectivity index (χ3v) is 8.04. The third-order valence-electron chi connectivity index (χ3n) is 6.91. The van der Waals surface area contributed by atoms with E-state index < -0.39 is 23.2 Å². The Balaban J connectivity index is 1.21. The zero-order valence-electron chi connectivity index (χ0n) is 19.4. The van der Waals surface area contributed by atoms with E-state index in [0.717, 1.165) is 54.6 Å². The zero-order valence-corrected chi connectivity index (χ0v) is 20.2. The first-order chi connectivity index (χ1) is 16.5. The predicted molar refractivity (Wildman–Crippen MR) is 125 cm³/mol. The second kappa shape index (κ2) is 10.2. The van der Waals surface area contributed by atoms with Crippen molar-refractivity contribution in [2.24, 2.45) is 0 Å². The Hall–Kier alpha value is -2.50. The summed E-state index contributed by atoms with van der Waals surface area (Å²) in [4.78, 5) is 32.1. The van der Waals surface area contributed by atoms with Gasteiger partial charge in [-0.1, -0.05) is 6.07 Å². The van der Waals surface area contributed by atoms with Crippen LogP contribution in [0, 0.1) is 6.92 Å². The summed E-state index contributed by atoms with van der Waals surface area (Å²) in [6.07, 6.45) is -0.685. The van der Waals surface area contributed by atoms with Gasteiger partial charge in [0.15, 0.2) is 0 Å². The van der Waals surface area contributed by atoms with Gasteiger partial charge in [0.25, 0.3) is 5.91 Å². The number of carbonyl (C=O) groups is 2. The molecule has 11 heteroatoms. The minimum Gasteiger partial charge on any atom is -0.384 e. The Labute approximate surface area is 205 Å². The lowest BCUT2D eigenvalue weighted by atomic mass is 9.80. The number of thiazole rings is 1. The molecule has 0 radical (unpaired) electrons. The summed E-state index contributed by atoms with van der Waals surface area (Å²) in [6.45, 7) is 3.14. The molecule has 7 nitrogen and oxygen atoms in total. The quantitative estimate of drug-likeness (QED) is 0.555. The van der Waals surface area contributed by atoms with E-state index in [-0.39, 0.29) is 24.1 Å². The van der Waals surface area contributed by atoms with Gasteiger partial charge in [0.2, 0.25) is 5.91 Å². The van der Waals surface area contributed by atoms with E-state index in [2.05, 4.69) is 20.5 Å². The van der Waals surface area contributed by atoms with Crippen molar-refractivity contribution in [2.75, 3.05) is 19.6 Å².